The van der Waals surface area contributed by atoms with Crippen LogP contribution in [-0.4, -0.2) is 19.8 Å². The van der Waals surface area contributed by atoms with Gasteiger partial charge in [-0.25, -0.2) is 0 Å². The largest absolute Gasteiger partial charge is 0.496 e. The fourth-order valence-corrected chi connectivity index (χ4v) is 2.70. The van der Waals surface area contributed by atoms with E-state index in [0.29, 0.717) is 0 Å². The van der Waals surface area contributed by atoms with E-state index in [0.717, 1.165) is 35.2 Å². The molecule has 1 heterocycles. The van der Waals surface area contributed by atoms with Crippen LogP contribution in [0, 0.1) is 0 Å². The molecule has 0 aliphatic carbocycles. The maximum absolute atomic E-state index is 6.44. The summed E-state index contributed by atoms with van der Waals surface area (Å²) in [7, 11) is 1.66. The lowest BCUT2D eigenvalue weighted by Gasteiger charge is -2.19. The van der Waals surface area contributed by atoms with E-state index in [1.165, 1.54) is 0 Å². The molecule has 0 radical (unpaired) electrons. The molecular formula is C12H14BrClO2. The van der Waals surface area contributed by atoms with Crippen LogP contribution in [0.1, 0.15) is 23.8 Å². The van der Waals surface area contributed by atoms with Gasteiger partial charge in [0.25, 0.3) is 0 Å². The Labute approximate surface area is 109 Å². The zero-order valence-electron chi connectivity index (χ0n) is 9.08. The fraction of sp³-hybridized carbons (Fsp3) is 0.500. The lowest BCUT2D eigenvalue weighted by Crippen LogP contribution is -2.13. The van der Waals surface area contributed by atoms with Gasteiger partial charge in [0.2, 0.25) is 0 Å². The summed E-state index contributed by atoms with van der Waals surface area (Å²) >= 11 is 9.89. The van der Waals surface area contributed by atoms with Crippen LogP contribution in [0.4, 0.5) is 0 Å². The van der Waals surface area contributed by atoms with E-state index in [-0.39, 0.29) is 11.5 Å². The molecule has 16 heavy (non-hydrogen) atoms. The molecule has 2 rings (SSSR count). The minimum Gasteiger partial charge on any atom is -0.496 e. The van der Waals surface area contributed by atoms with Gasteiger partial charge < -0.3 is 9.47 Å². The number of hydrogen-bond acceptors (Lipinski definition) is 2. The summed E-state index contributed by atoms with van der Waals surface area (Å²) in [5, 5.41) is -0.144. The maximum Gasteiger partial charge on any atom is 0.123 e. The Morgan fingerprint density at radius 1 is 1.56 bits per heavy atom. The molecule has 0 bridgehead atoms. The van der Waals surface area contributed by atoms with Gasteiger partial charge in [-0.3, -0.25) is 0 Å². The monoisotopic (exact) mass is 304 g/mol. The Balaban J connectivity index is 2.26. The van der Waals surface area contributed by atoms with Crippen molar-refractivity contribution in [1.82, 2.24) is 0 Å². The van der Waals surface area contributed by atoms with Crippen molar-refractivity contribution in [2.24, 2.45) is 0 Å². The van der Waals surface area contributed by atoms with E-state index in [9.17, 15) is 0 Å². The maximum atomic E-state index is 6.44. The summed E-state index contributed by atoms with van der Waals surface area (Å²) in [6, 6.07) is 5.86. The van der Waals surface area contributed by atoms with Crippen LogP contribution in [0.2, 0.25) is 0 Å². The fourth-order valence-electron chi connectivity index (χ4n) is 1.95. The van der Waals surface area contributed by atoms with Crippen LogP contribution >= 0.6 is 27.5 Å². The molecule has 0 amide bonds. The SMILES string of the molecule is COc1ccc(Br)cc1C(Cl)C1CCCO1. The summed E-state index contributed by atoms with van der Waals surface area (Å²) in [5.41, 5.74) is 0.991. The van der Waals surface area contributed by atoms with Gasteiger partial charge in [0.15, 0.2) is 0 Å². The van der Waals surface area contributed by atoms with Crippen molar-refractivity contribution in [2.45, 2.75) is 24.3 Å². The molecule has 1 saturated heterocycles. The summed E-state index contributed by atoms with van der Waals surface area (Å²) in [4.78, 5) is 0. The molecule has 1 aliphatic heterocycles. The van der Waals surface area contributed by atoms with E-state index in [1.54, 1.807) is 7.11 Å². The van der Waals surface area contributed by atoms with Crippen molar-refractivity contribution in [3.63, 3.8) is 0 Å². The van der Waals surface area contributed by atoms with Crippen LogP contribution in [0.15, 0.2) is 22.7 Å². The zero-order valence-corrected chi connectivity index (χ0v) is 11.4. The Morgan fingerprint density at radius 2 is 2.38 bits per heavy atom. The molecule has 0 aromatic heterocycles. The van der Waals surface area contributed by atoms with Gasteiger partial charge in [-0.15, -0.1) is 11.6 Å². The summed E-state index contributed by atoms with van der Waals surface area (Å²) < 4.78 is 11.9. The second kappa shape index (κ2) is 5.39. The summed E-state index contributed by atoms with van der Waals surface area (Å²) in [6.45, 7) is 0.810. The number of methoxy groups -OCH3 is 1. The van der Waals surface area contributed by atoms with Gasteiger partial charge in [0.1, 0.15) is 5.75 Å². The zero-order chi connectivity index (χ0) is 11.5. The molecule has 2 nitrogen and oxygen atoms in total. The highest BCUT2D eigenvalue weighted by atomic mass is 79.9. The number of hydrogen-bond donors (Lipinski definition) is 0. The van der Waals surface area contributed by atoms with Crippen LogP contribution < -0.4 is 4.74 Å². The molecule has 1 fully saturated rings. The predicted octanol–water partition coefficient (Wildman–Crippen LogP) is 3.92. The Hall–Kier alpha value is -0.250. The highest BCUT2D eigenvalue weighted by molar-refractivity contribution is 9.10. The second-order valence-electron chi connectivity index (χ2n) is 3.84. The first-order valence-corrected chi connectivity index (χ1v) is 6.54. The first kappa shape index (κ1) is 12.2. The molecule has 0 saturated carbocycles. The van der Waals surface area contributed by atoms with Crippen LogP contribution in [-0.2, 0) is 4.74 Å². The highest BCUT2D eigenvalue weighted by Crippen LogP contribution is 2.38. The summed E-state index contributed by atoms with van der Waals surface area (Å²) in [5.74, 6) is 0.818. The lowest BCUT2D eigenvalue weighted by atomic mass is 10.0. The lowest BCUT2D eigenvalue weighted by molar-refractivity contribution is 0.107. The van der Waals surface area contributed by atoms with E-state index >= 15 is 0 Å². The molecule has 1 aromatic rings. The number of benzene rings is 1. The van der Waals surface area contributed by atoms with Crippen molar-refractivity contribution < 1.29 is 9.47 Å². The molecule has 0 N–H and O–H groups in total. The average molecular weight is 306 g/mol. The molecular weight excluding hydrogens is 291 g/mol. The van der Waals surface area contributed by atoms with E-state index < -0.39 is 0 Å². The van der Waals surface area contributed by atoms with Crippen molar-refractivity contribution in [2.75, 3.05) is 13.7 Å². The average Bonchev–Trinajstić information content (AvgIpc) is 2.81. The van der Waals surface area contributed by atoms with Crippen molar-refractivity contribution in [1.29, 1.82) is 0 Å². The van der Waals surface area contributed by atoms with Gasteiger partial charge in [0, 0.05) is 16.6 Å². The van der Waals surface area contributed by atoms with Crippen LogP contribution in [0.5, 0.6) is 5.75 Å². The first-order valence-electron chi connectivity index (χ1n) is 5.31. The smallest absolute Gasteiger partial charge is 0.123 e. The number of ether oxygens (including phenoxy) is 2. The third-order valence-electron chi connectivity index (χ3n) is 2.78. The van der Waals surface area contributed by atoms with Gasteiger partial charge in [0.05, 0.1) is 18.6 Å². The van der Waals surface area contributed by atoms with Gasteiger partial charge in [-0.2, -0.15) is 0 Å². The first-order chi connectivity index (χ1) is 7.72. The quantitative estimate of drug-likeness (QED) is 0.788. The minimum atomic E-state index is -0.144. The van der Waals surface area contributed by atoms with Gasteiger partial charge in [-0.1, -0.05) is 15.9 Å². The highest BCUT2D eigenvalue weighted by Gasteiger charge is 2.27. The molecule has 1 aliphatic rings. The van der Waals surface area contributed by atoms with E-state index in [1.807, 2.05) is 18.2 Å². The Bertz CT molecular complexity index is 364. The van der Waals surface area contributed by atoms with E-state index in [2.05, 4.69) is 15.9 Å². The summed E-state index contributed by atoms with van der Waals surface area (Å²) in [6.07, 6.45) is 2.21. The van der Waals surface area contributed by atoms with Gasteiger partial charge >= 0.3 is 0 Å². The third-order valence-corrected chi connectivity index (χ3v) is 3.79. The third kappa shape index (κ3) is 2.53. The minimum absolute atomic E-state index is 0.102. The molecule has 2 unspecified atom stereocenters. The van der Waals surface area contributed by atoms with Crippen LogP contribution in [0.3, 0.4) is 0 Å². The normalized spacial score (nSPS) is 22.1. The van der Waals surface area contributed by atoms with Crippen molar-refractivity contribution in [3.8, 4) is 5.75 Å². The number of halogens is 2. The number of rotatable bonds is 3. The molecule has 1 aromatic carbocycles. The Kier molecular flexibility index (Phi) is 4.11. The van der Waals surface area contributed by atoms with Crippen LogP contribution in [0.25, 0.3) is 0 Å². The standard InChI is InChI=1S/C12H14BrClO2/c1-15-10-5-4-8(13)7-9(10)12(14)11-3-2-6-16-11/h4-5,7,11-12H,2-3,6H2,1H3. The van der Waals surface area contributed by atoms with Crippen molar-refractivity contribution >= 4 is 27.5 Å². The topological polar surface area (TPSA) is 18.5 Å². The second-order valence-corrected chi connectivity index (χ2v) is 5.23. The van der Waals surface area contributed by atoms with E-state index in [4.69, 9.17) is 21.1 Å². The molecule has 2 atom stereocenters. The molecule has 0 spiro atoms. The number of alkyl halides is 1. The van der Waals surface area contributed by atoms with Crippen molar-refractivity contribution in [3.05, 3.63) is 28.2 Å². The Morgan fingerprint density at radius 3 is 3.00 bits per heavy atom. The molecule has 4 heteroatoms. The van der Waals surface area contributed by atoms with Gasteiger partial charge in [-0.05, 0) is 31.0 Å². The molecule has 88 valence electrons. The predicted molar refractivity (Wildman–Crippen MR) is 68.3 cm³/mol.